The van der Waals surface area contributed by atoms with Crippen molar-refractivity contribution in [2.75, 3.05) is 0 Å². The maximum absolute atomic E-state index is 2.67. The summed E-state index contributed by atoms with van der Waals surface area (Å²) >= 11 is -2.67. The second kappa shape index (κ2) is 6.32. The van der Waals surface area contributed by atoms with Gasteiger partial charge in [-0.15, -0.1) is 0 Å². The van der Waals surface area contributed by atoms with Crippen molar-refractivity contribution in [1.29, 1.82) is 0 Å². The number of hydrogen-bond acceptors (Lipinski definition) is 0. The van der Waals surface area contributed by atoms with E-state index in [1.165, 1.54) is 36.8 Å². The molecule has 2 aliphatic heterocycles. The molecule has 0 amide bonds. The van der Waals surface area contributed by atoms with Crippen LogP contribution in [-0.4, -0.2) is 13.3 Å². The van der Waals surface area contributed by atoms with Gasteiger partial charge in [0.25, 0.3) is 0 Å². The fraction of sp³-hybridized carbons (Fsp3) is 0.333. The number of allylic oxidation sites excluding steroid dienone is 4. The van der Waals surface area contributed by atoms with Gasteiger partial charge in [-0.2, -0.15) is 0 Å². The van der Waals surface area contributed by atoms with Crippen LogP contribution in [0.2, 0.25) is 0 Å². The number of rotatable bonds is 4. The monoisotopic (exact) mass is 390 g/mol. The SMILES string of the molecule is CCC1=[C](CC)[Ge]2([C](CC)=C1CC)[c]1ccccc1-c1cccc[c]12. The molecule has 0 unspecified atom stereocenters. The third-order valence-electron chi connectivity index (χ3n) is 6.36. The van der Waals surface area contributed by atoms with Gasteiger partial charge in [-0.1, -0.05) is 0 Å². The van der Waals surface area contributed by atoms with Crippen LogP contribution in [0.5, 0.6) is 0 Å². The maximum atomic E-state index is 2.46. The van der Waals surface area contributed by atoms with Crippen molar-refractivity contribution in [1.82, 2.24) is 0 Å². The molecule has 2 aromatic carbocycles. The molecule has 0 aromatic heterocycles. The first-order valence-corrected chi connectivity index (χ1v) is 14.1. The summed E-state index contributed by atoms with van der Waals surface area (Å²) in [6.07, 6.45) is 4.79. The second-order valence-corrected chi connectivity index (χ2v) is 15.1. The summed E-state index contributed by atoms with van der Waals surface area (Å²) < 4.78 is 7.08. The van der Waals surface area contributed by atoms with Gasteiger partial charge in [-0.25, -0.2) is 0 Å². The molecule has 0 saturated heterocycles. The molecule has 2 heterocycles. The van der Waals surface area contributed by atoms with Crippen LogP contribution in [0, 0.1) is 0 Å². The quantitative estimate of drug-likeness (QED) is 0.602. The Morgan fingerprint density at radius 2 is 0.960 bits per heavy atom. The van der Waals surface area contributed by atoms with E-state index in [1.54, 1.807) is 19.9 Å². The molecule has 25 heavy (non-hydrogen) atoms. The van der Waals surface area contributed by atoms with Crippen molar-refractivity contribution in [3.05, 3.63) is 68.5 Å². The van der Waals surface area contributed by atoms with Crippen LogP contribution in [-0.2, 0) is 0 Å². The summed E-state index contributed by atoms with van der Waals surface area (Å²) in [4.78, 5) is 0. The molecular formula is C24H28Ge. The van der Waals surface area contributed by atoms with Crippen LogP contribution in [0.4, 0.5) is 0 Å². The molecule has 0 atom stereocenters. The second-order valence-electron chi connectivity index (χ2n) is 7.17. The van der Waals surface area contributed by atoms with Crippen molar-refractivity contribution in [2.24, 2.45) is 0 Å². The van der Waals surface area contributed by atoms with Gasteiger partial charge in [0.05, 0.1) is 0 Å². The van der Waals surface area contributed by atoms with Crippen LogP contribution >= 0.6 is 0 Å². The van der Waals surface area contributed by atoms with Crippen LogP contribution in [0.1, 0.15) is 53.4 Å². The fourth-order valence-electron chi connectivity index (χ4n) is 5.70. The van der Waals surface area contributed by atoms with Gasteiger partial charge in [0, 0.05) is 0 Å². The Labute approximate surface area is 155 Å². The van der Waals surface area contributed by atoms with E-state index >= 15 is 0 Å². The van der Waals surface area contributed by atoms with E-state index in [-0.39, 0.29) is 0 Å². The van der Waals surface area contributed by atoms with E-state index in [1.807, 2.05) is 8.81 Å². The van der Waals surface area contributed by atoms with Crippen molar-refractivity contribution in [2.45, 2.75) is 53.4 Å². The average Bonchev–Trinajstić information content (AvgIpc) is 3.12. The number of hydrogen-bond donors (Lipinski definition) is 0. The summed E-state index contributed by atoms with van der Waals surface area (Å²) in [6, 6.07) is 18.6. The van der Waals surface area contributed by atoms with E-state index < -0.39 is 13.3 Å². The molecule has 0 bridgehead atoms. The number of fused-ring (bicyclic) bond motifs is 5. The Morgan fingerprint density at radius 1 is 0.560 bits per heavy atom. The first kappa shape index (κ1) is 16.9. The summed E-state index contributed by atoms with van der Waals surface area (Å²) in [6.45, 7) is 9.52. The minimum atomic E-state index is -2.67. The first-order valence-electron chi connectivity index (χ1n) is 9.90. The summed E-state index contributed by atoms with van der Waals surface area (Å²) in [5.41, 5.74) is 6.47. The molecule has 0 saturated carbocycles. The fourth-order valence-corrected chi connectivity index (χ4v) is 19.4. The van der Waals surface area contributed by atoms with Crippen LogP contribution in [0.25, 0.3) is 11.1 Å². The van der Waals surface area contributed by atoms with Crippen molar-refractivity contribution in [3.8, 4) is 11.1 Å². The van der Waals surface area contributed by atoms with E-state index in [2.05, 4.69) is 76.2 Å². The molecule has 0 radical (unpaired) electrons. The summed E-state index contributed by atoms with van der Waals surface area (Å²) in [5.74, 6) is 0. The van der Waals surface area contributed by atoms with E-state index in [9.17, 15) is 0 Å². The average molecular weight is 389 g/mol. The van der Waals surface area contributed by atoms with Crippen LogP contribution in [0.15, 0.2) is 68.5 Å². The van der Waals surface area contributed by atoms with E-state index in [0.29, 0.717) is 0 Å². The zero-order valence-corrected chi connectivity index (χ0v) is 18.0. The van der Waals surface area contributed by atoms with Crippen molar-refractivity contribution >= 4 is 22.1 Å². The Morgan fingerprint density at radius 3 is 1.32 bits per heavy atom. The normalized spacial score (nSPS) is 17.4. The van der Waals surface area contributed by atoms with Crippen LogP contribution < -0.4 is 8.79 Å². The van der Waals surface area contributed by atoms with Gasteiger partial charge in [-0.05, 0) is 0 Å². The Hall–Kier alpha value is -1.54. The van der Waals surface area contributed by atoms with Gasteiger partial charge in [0.15, 0.2) is 0 Å². The van der Waals surface area contributed by atoms with Gasteiger partial charge in [0.2, 0.25) is 0 Å². The third kappa shape index (κ3) is 2.01. The third-order valence-corrected chi connectivity index (χ3v) is 18.1. The zero-order chi connectivity index (χ0) is 17.6. The Bertz CT molecular complexity index is 822. The van der Waals surface area contributed by atoms with Crippen LogP contribution in [0.3, 0.4) is 0 Å². The Balaban J connectivity index is 2.19. The van der Waals surface area contributed by atoms with E-state index in [0.717, 1.165) is 0 Å². The number of benzene rings is 2. The van der Waals surface area contributed by atoms with E-state index in [4.69, 9.17) is 0 Å². The minimum absolute atomic E-state index is 1.19. The van der Waals surface area contributed by atoms with Crippen molar-refractivity contribution < 1.29 is 0 Å². The predicted octanol–water partition coefficient (Wildman–Crippen LogP) is 5.56. The van der Waals surface area contributed by atoms with Gasteiger partial charge in [-0.3, -0.25) is 0 Å². The van der Waals surface area contributed by atoms with Gasteiger partial charge >= 0.3 is 155 Å². The Kier molecular flexibility index (Phi) is 4.27. The molecule has 128 valence electrons. The van der Waals surface area contributed by atoms with Gasteiger partial charge < -0.3 is 0 Å². The van der Waals surface area contributed by atoms with Crippen molar-refractivity contribution in [3.63, 3.8) is 0 Å². The molecule has 2 aliphatic rings. The summed E-state index contributed by atoms with van der Waals surface area (Å²) in [7, 11) is 0. The molecule has 1 spiro atoms. The zero-order valence-electron chi connectivity index (χ0n) is 15.9. The molecule has 0 nitrogen and oxygen atoms in total. The predicted molar refractivity (Wildman–Crippen MR) is 112 cm³/mol. The summed E-state index contributed by atoms with van der Waals surface area (Å²) in [5, 5.41) is 0. The molecule has 4 rings (SSSR count). The molecular weight excluding hydrogens is 361 g/mol. The first-order chi connectivity index (χ1) is 12.2. The molecule has 0 N–H and O–H groups in total. The molecule has 0 aliphatic carbocycles. The topological polar surface area (TPSA) is 0 Å². The molecule has 1 heteroatoms. The van der Waals surface area contributed by atoms with Gasteiger partial charge in [0.1, 0.15) is 0 Å². The molecule has 2 aromatic rings. The standard InChI is InChI=1S/C24H28Ge/c1-5-17-18(6-2)22(8-4)25(21(17)7-3)23-15-11-9-13-19(23)20-14-10-12-16-24(20)25/h9-16H,5-8H2,1-4H3. The molecule has 0 fully saturated rings.